The maximum Gasteiger partial charge on any atom is 0.239 e. The van der Waals surface area contributed by atoms with E-state index >= 15 is 0 Å². The minimum absolute atomic E-state index is 0.0427. The van der Waals surface area contributed by atoms with Crippen molar-refractivity contribution in [2.45, 2.75) is 25.8 Å². The number of amides is 2. The Morgan fingerprint density at radius 1 is 1.16 bits per heavy atom. The molecule has 1 aliphatic rings. The van der Waals surface area contributed by atoms with E-state index in [9.17, 15) is 9.59 Å². The largest absolute Gasteiger partial charge is 0.353 e. The molecule has 1 atom stereocenters. The first-order valence-corrected chi connectivity index (χ1v) is 11.0. The van der Waals surface area contributed by atoms with Crippen LogP contribution in [0, 0.1) is 6.92 Å². The molecule has 0 saturated carbocycles. The average Bonchev–Trinajstić information content (AvgIpc) is 3.23. The zero-order valence-electron chi connectivity index (χ0n) is 18.1. The zero-order valence-corrected chi connectivity index (χ0v) is 18.9. The van der Waals surface area contributed by atoms with Crippen LogP contribution in [0.15, 0.2) is 42.6 Å². The molecule has 31 heavy (non-hydrogen) atoms. The lowest BCUT2D eigenvalue weighted by Gasteiger charge is -2.29. The van der Waals surface area contributed by atoms with Crippen LogP contribution in [-0.4, -0.2) is 66.4 Å². The van der Waals surface area contributed by atoms with E-state index in [1.165, 1.54) is 0 Å². The molecule has 0 spiro atoms. The maximum absolute atomic E-state index is 12.5. The fourth-order valence-electron chi connectivity index (χ4n) is 3.83. The third-order valence-electron chi connectivity index (χ3n) is 5.35. The Bertz CT molecular complexity index is 901. The minimum atomic E-state index is -0.209. The van der Waals surface area contributed by atoms with E-state index in [1.54, 1.807) is 24.2 Å². The van der Waals surface area contributed by atoms with Crippen LogP contribution in [-0.2, 0) is 9.59 Å². The Morgan fingerprint density at radius 2 is 1.87 bits per heavy atom. The fraction of sp³-hybridized carbons (Fsp3) is 0.435. The molecule has 2 aromatic rings. The van der Waals surface area contributed by atoms with Crippen LogP contribution in [0.1, 0.15) is 30.0 Å². The number of carbonyl (C=O) groups is 2. The first-order chi connectivity index (χ1) is 14.9. The number of carbonyl (C=O) groups excluding carboxylic acids is 2. The van der Waals surface area contributed by atoms with Gasteiger partial charge in [0, 0.05) is 17.8 Å². The lowest BCUT2D eigenvalue weighted by atomic mass is 10.1. The summed E-state index contributed by atoms with van der Waals surface area (Å²) < 4.78 is 0. The number of pyridine rings is 1. The molecule has 1 aromatic heterocycles. The van der Waals surface area contributed by atoms with Crippen molar-refractivity contribution in [2.24, 2.45) is 0 Å². The number of aryl methyl sites for hydroxylation is 1. The molecule has 8 heteroatoms. The van der Waals surface area contributed by atoms with Crippen LogP contribution in [0.2, 0.25) is 5.02 Å². The SMILES string of the molecule is Cc1ccnc(NC(=O)CN(C)CC(=O)NCC(c2ccccc2Cl)N2CCCC2)c1. The van der Waals surface area contributed by atoms with E-state index in [4.69, 9.17) is 11.6 Å². The molecule has 1 saturated heterocycles. The molecule has 2 amide bonds. The lowest BCUT2D eigenvalue weighted by Crippen LogP contribution is -2.42. The van der Waals surface area contributed by atoms with E-state index in [1.807, 2.05) is 37.3 Å². The van der Waals surface area contributed by atoms with Gasteiger partial charge in [-0.25, -0.2) is 4.98 Å². The molecule has 166 valence electrons. The summed E-state index contributed by atoms with van der Waals surface area (Å²) in [5.41, 5.74) is 2.05. The maximum atomic E-state index is 12.5. The number of likely N-dealkylation sites (tertiary alicyclic amines) is 1. The second-order valence-electron chi connectivity index (χ2n) is 8.02. The molecule has 1 unspecified atom stereocenters. The van der Waals surface area contributed by atoms with Gasteiger partial charge >= 0.3 is 0 Å². The first kappa shape index (κ1) is 23.2. The smallest absolute Gasteiger partial charge is 0.239 e. The van der Waals surface area contributed by atoms with Gasteiger partial charge in [-0.2, -0.15) is 0 Å². The molecule has 1 aliphatic heterocycles. The van der Waals surface area contributed by atoms with Crippen LogP contribution in [0.5, 0.6) is 0 Å². The van der Waals surface area contributed by atoms with Gasteiger partial charge in [-0.3, -0.25) is 19.4 Å². The van der Waals surface area contributed by atoms with E-state index in [0.717, 1.165) is 37.1 Å². The van der Waals surface area contributed by atoms with Crippen molar-refractivity contribution >= 4 is 29.2 Å². The summed E-state index contributed by atoms with van der Waals surface area (Å²) in [6.45, 7) is 4.65. The average molecular weight is 444 g/mol. The van der Waals surface area contributed by atoms with E-state index in [0.29, 0.717) is 17.4 Å². The second kappa shape index (κ2) is 11.2. The quantitative estimate of drug-likeness (QED) is 0.623. The molecule has 0 aliphatic carbocycles. The number of likely N-dealkylation sites (N-methyl/N-ethyl adjacent to an activating group) is 1. The van der Waals surface area contributed by atoms with Crippen molar-refractivity contribution < 1.29 is 9.59 Å². The number of rotatable bonds is 9. The predicted octanol–water partition coefficient (Wildman–Crippen LogP) is 2.87. The topological polar surface area (TPSA) is 77.6 Å². The van der Waals surface area contributed by atoms with Crippen molar-refractivity contribution in [2.75, 3.05) is 45.1 Å². The fourth-order valence-corrected chi connectivity index (χ4v) is 4.10. The summed E-state index contributed by atoms with van der Waals surface area (Å²) >= 11 is 6.43. The predicted molar refractivity (Wildman–Crippen MR) is 123 cm³/mol. The van der Waals surface area contributed by atoms with Crippen LogP contribution >= 0.6 is 11.6 Å². The first-order valence-electron chi connectivity index (χ1n) is 10.6. The van der Waals surface area contributed by atoms with Gasteiger partial charge in [0.15, 0.2) is 0 Å². The number of halogens is 1. The highest BCUT2D eigenvalue weighted by Gasteiger charge is 2.25. The normalized spacial score (nSPS) is 15.1. The van der Waals surface area contributed by atoms with Gasteiger partial charge in [0.05, 0.1) is 19.1 Å². The monoisotopic (exact) mass is 443 g/mol. The molecule has 3 rings (SSSR count). The van der Waals surface area contributed by atoms with Gasteiger partial charge in [-0.15, -0.1) is 0 Å². The summed E-state index contributed by atoms with van der Waals surface area (Å²) in [7, 11) is 1.74. The minimum Gasteiger partial charge on any atom is -0.353 e. The molecule has 2 N–H and O–H groups in total. The Kier molecular flexibility index (Phi) is 8.40. The van der Waals surface area contributed by atoms with Crippen LogP contribution < -0.4 is 10.6 Å². The van der Waals surface area contributed by atoms with Gasteiger partial charge in [0.25, 0.3) is 0 Å². The highest BCUT2D eigenvalue weighted by molar-refractivity contribution is 6.31. The Hall–Kier alpha value is -2.48. The Balaban J connectivity index is 1.50. The van der Waals surface area contributed by atoms with Crippen molar-refractivity contribution in [3.8, 4) is 0 Å². The van der Waals surface area contributed by atoms with Crippen molar-refractivity contribution in [3.63, 3.8) is 0 Å². The second-order valence-corrected chi connectivity index (χ2v) is 8.43. The van der Waals surface area contributed by atoms with Crippen molar-refractivity contribution in [1.82, 2.24) is 20.1 Å². The van der Waals surface area contributed by atoms with Gasteiger partial charge < -0.3 is 10.6 Å². The summed E-state index contributed by atoms with van der Waals surface area (Å²) in [6.07, 6.45) is 3.96. The zero-order chi connectivity index (χ0) is 22.2. The van der Waals surface area contributed by atoms with E-state index < -0.39 is 0 Å². The van der Waals surface area contributed by atoms with Crippen LogP contribution in [0.4, 0.5) is 5.82 Å². The number of benzene rings is 1. The van der Waals surface area contributed by atoms with Gasteiger partial charge in [-0.1, -0.05) is 29.8 Å². The van der Waals surface area contributed by atoms with Crippen LogP contribution in [0.25, 0.3) is 0 Å². The summed E-state index contributed by atoms with van der Waals surface area (Å²) in [4.78, 5) is 32.9. The molecule has 0 radical (unpaired) electrons. The number of hydrogen-bond donors (Lipinski definition) is 2. The molecule has 1 aromatic carbocycles. The summed E-state index contributed by atoms with van der Waals surface area (Å²) in [5, 5.41) is 6.49. The Labute approximate surface area is 188 Å². The third-order valence-corrected chi connectivity index (χ3v) is 5.69. The highest BCUT2D eigenvalue weighted by Crippen LogP contribution is 2.29. The molecule has 1 fully saturated rings. The molecule has 2 heterocycles. The third kappa shape index (κ3) is 7.02. The highest BCUT2D eigenvalue weighted by atomic mass is 35.5. The van der Waals surface area contributed by atoms with Gasteiger partial charge in [0.1, 0.15) is 5.82 Å². The number of aromatic nitrogens is 1. The number of hydrogen-bond acceptors (Lipinski definition) is 5. The number of nitrogens with zero attached hydrogens (tertiary/aromatic N) is 3. The Morgan fingerprint density at radius 3 is 2.58 bits per heavy atom. The molecule has 7 nitrogen and oxygen atoms in total. The van der Waals surface area contributed by atoms with Crippen molar-refractivity contribution in [1.29, 1.82) is 0 Å². The molecular weight excluding hydrogens is 414 g/mol. The number of nitrogens with one attached hydrogen (secondary N) is 2. The van der Waals surface area contributed by atoms with E-state index in [2.05, 4.69) is 20.5 Å². The lowest BCUT2D eigenvalue weighted by molar-refractivity contribution is -0.123. The molecule has 0 bridgehead atoms. The van der Waals surface area contributed by atoms with Gasteiger partial charge in [-0.05, 0) is 69.2 Å². The summed E-state index contributed by atoms with van der Waals surface area (Å²) in [6, 6.07) is 11.5. The number of anilines is 1. The standard InChI is InChI=1S/C23H30ClN5O2/c1-17-9-10-25-21(13-17)27-23(31)16-28(2)15-22(30)26-14-20(29-11-5-6-12-29)18-7-3-4-8-19(18)24/h3-4,7-10,13,20H,5-6,11-12,14-16H2,1-2H3,(H,26,30)(H,25,27,31). The molecular formula is C23H30ClN5O2. The van der Waals surface area contributed by atoms with E-state index in [-0.39, 0.29) is 30.9 Å². The van der Waals surface area contributed by atoms with Crippen molar-refractivity contribution in [3.05, 3.63) is 58.7 Å². The van der Waals surface area contributed by atoms with Gasteiger partial charge in [0.2, 0.25) is 11.8 Å². The summed E-state index contributed by atoms with van der Waals surface area (Å²) in [5.74, 6) is 0.177. The van der Waals surface area contributed by atoms with Crippen LogP contribution in [0.3, 0.4) is 0 Å².